The van der Waals surface area contributed by atoms with Crippen molar-refractivity contribution in [1.29, 1.82) is 0 Å². The van der Waals surface area contributed by atoms with Crippen LogP contribution in [0.1, 0.15) is 134 Å². The lowest BCUT2D eigenvalue weighted by molar-refractivity contribution is -0.165. The van der Waals surface area contributed by atoms with Crippen LogP contribution in [0.15, 0.2) is 107 Å². The van der Waals surface area contributed by atoms with Gasteiger partial charge < -0.3 is 98.5 Å². The molecule has 142 heavy (non-hydrogen) atoms. The zero-order valence-corrected chi connectivity index (χ0v) is 85.8. The van der Waals surface area contributed by atoms with Gasteiger partial charge in [-0.2, -0.15) is 4.98 Å². The van der Waals surface area contributed by atoms with Crippen LogP contribution >= 0.6 is 66.4 Å². The maximum Gasteiger partial charge on any atom is 0.409 e. The Morgan fingerprint density at radius 3 is 1.49 bits per heavy atom. The minimum atomic E-state index is -1.95. The first kappa shape index (κ1) is 111. The number of hydrogen-bond acceptors (Lipinski definition) is 35. The van der Waals surface area contributed by atoms with E-state index in [-0.39, 0.29) is 130 Å². The van der Waals surface area contributed by atoms with Gasteiger partial charge >= 0.3 is 29.7 Å². The molecular formula is C93H119Cl2N17O26S4. The van der Waals surface area contributed by atoms with E-state index >= 15 is 9.59 Å². The molecule has 5 aromatic rings. The normalized spacial score (nSPS) is 26.2. The molecule has 17 atom stereocenters. The summed E-state index contributed by atoms with van der Waals surface area (Å²) in [6.07, 6.45) is -0.489. The van der Waals surface area contributed by atoms with Crippen molar-refractivity contribution in [3.63, 3.8) is 0 Å². The lowest BCUT2D eigenvalue weighted by Gasteiger charge is -2.42. The number of methoxy groups -OCH3 is 4. The fourth-order valence-electron chi connectivity index (χ4n) is 16.6. The number of amides is 11. The zero-order valence-electron chi connectivity index (χ0n) is 81.1. The summed E-state index contributed by atoms with van der Waals surface area (Å²) in [5.74, 6) is -8.49. The van der Waals surface area contributed by atoms with Gasteiger partial charge in [-0.15, -0.1) is 0 Å². The Hall–Kier alpha value is -11.5. The average molecular weight is 2090 g/mol. The Bertz CT molecular complexity index is 5770. The Balaban J connectivity index is 0.647. The molecule has 770 valence electrons. The molecule has 0 saturated carbocycles. The van der Waals surface area contributed by atoms with Gasteiger partial charge in [0.25, 0.3) is 23.6 Å². The van der Waals surface area contributed by atoms with E-state index in [2.05, 4.69) is 62.9 Å². The molecule has 6 unspecified atom stereocenters. The number of nitrogens with zero attached hydrogens (tertiary/aromatic N) is 7. The minimum Gasteiger partial charge on any atom is -0.495 e. The summed E-state index contributed by atoms with van der Waals surface area (Å²) in [7, 11) is 16.2. The zero-order chi connectivity index (χ0) is 104. The van der Waals surface area contributed by atoms with Crippen LogP contribution in [0.3, 0.4) is 0 Å². The Labute approximate surface area is 844 Å². The Morgan fingerprint density at radius 1 is 0.620 bits per heavy atom. The van der Waals surface area contributed by atoms with Crippen molar-refractivity contribution in [3.05, 3.63) is 145 Å². The molecule has 0 radical (unpaired) electrons. The van der Waals surface area contributed by atoms with Crippen LogP contribution in [0.25, 0.3) is 11.2 Å². The number of epoxide rings is 2. The largest absolute Gasteiger partial charge is 0.495 e. The number of carbonyl (C=O) groups excluding carboxylic acids is 13. The number of aromatic nitrogens is 4. The number of alkyl carbamates (subject to hydrolysis) is 2. The number of allylic oxidation sites excluding steroid dienone is 6. The second kappa shape index (κ2) is 48.7. The molecule has 4 fully saturated rings. The highest BCUT2D eigenvalue weighted by Crippen LogP contribution is 2.52. The molecule has 13 N–H and O–H groups in total. The van der Waals surface area contributed by atoms with Gasteiger partial charge in [-0.05, 0) is 120 Å². The fourth-order valence-corrected chi connectivity index (χ4v) is 21.1. The standard InChI is InChI=1S/C93H119Cl2N17O26S4/c1-47-19-17-21-65(131-15)92(127)43-63(133-88(125)103-92)49(3)75-90(7,137-75)77(83(121)111(11)59-39-53(37-47)41-61(129-13)72(59)94)135-85(123)51(5)109(9)70(116)31-35-141-139-33-29-68(114)106-105-67(113)28-27-58(100-80(118)55-23-25-56(26-24-55)97-45-57-46-98-79-74(99-57)82(120)102-87(96)101-79)81(119)108-107-69(115)30-34-140-142-36-32-71(117)110(10)52(6)86(124)136-78-84(122)112(12)60-40-54(42-62(130-14)73(60)95)38-48(2)20-18-22-66(132-16)93(128)44-64(134-89(126)104-93)50(4)76-91(78,8)138-76/h17-26,39-42,46,49-52,58,63-66,75-78,97,127-128H,27-38,43-45H2,1-16H3,(H,100,118)(H,103,125)(H,104,126)(H,105,113)(H,106,114)(H,107,115)(H,108,119)(H3,96,98,101,102,120)/b21-17+,22-18-,47-19+,48-20-/t49-,50-,51+,52+,58+,63?,64?,65-,66-,75?,76?,77+,78+,90?,91?,92+,93+/m1/s1. The summed E-state index contributed by atoms with van der Waals surface area (Å²) in [5, 5.41) is 34.7. The fraction of sp³-hybridized carbons (Fsp3) is 0.516. The third-order valence-electron chi connectivity index (χ3n) is 25.3. The number of fused-ring (bicyclic) bond motifs is 11. The number of aliphatic hydroxyl groups is 2. The van der Waals surface area contributed by atoms with Crippen LogP contribution < -0.4 is 73.5 Å². The number of esters is 2. The first-order valence-corrected chi connectivity index (χ1v) is 51.0. The summed E-state index contributed by atoms with van der Waals surface area (Å²) in [5.41, 5.74) is 11.7. The van der Waals surface area contributed by atoms with E-state index in [0.29, 0.717) is 35.3 Å². The monoisotopic (exact) mass is 2090 g/mol. The van der Waals surface area contributed by atoms with Crippen LogP contribution in [0.2, 0.25) is 10.0 Å². The van der Waals surface area contributed by atoms with Gasteiger partial charge in [0.05, 0.1) is 56.2 Å². The average Bonchev–Trinajstić information content (AvgIpc) is 1.56. The van der Waals surface area contributed by atoms with Crippen molar-refractivity contribution in [1.82, 2.24) is 67.4 Å². The number of nitrogens with one attached hydrogen (secondary N) is 9. The number of H-pyrrole nitrogens is 1. The molecule has 0 aliphatic carbocycles. The number of halogens is 2. The lowest BCUT2D eigenvalue weighted by Crippen LogP contribution is -2.63. The van der Waals surface area contributed by atoms with Crippen molar-refractivity contribution < 1.29 is 120 Å². The van der Waals surface area contributed by atoms with Gasteiger partial charge in [-0.25, -0.2) is 29.1 Å². The van der Waals surface area contributed by atoms with Gasteiger partial charge in [0.15, 0.2) is 22.6 Å². The number of nitrogens with two attached hydrogens (primary N) is 1. The molecule has 6 aliphatic heterocycles. The first-order valence-electron chi connectivity index (χ1n) is 45.3. The number of hydrazine groups is 2. The smallest absolute Gasteiger partial charge is 0.409 e. The van der Waals surface area contributed by atoms with E-state index < -0.39 is 191 Å². The molecule has 4 saturated heterocycles. The number of hydrogen-bond donors (Lipinski definition) is 12. The van der Waals surface area contributed by atoms with Gasteiger partial charge in [-0.3, -0.25) is 80.3 Å². The number of ether oxygens (including phenoxy) is 10. The van der Waals surface area contributed by atoms with Crippen molar-refractivity contribution >= 4 is 178 Å². The number of anilines is 4. The maximum absolute atomic E-state index is 15.1. The highest BCUT2D eigenvalue weighted by Gasteiger charge is 2.69. The first-order chi connectivity index (χ1) is 67.3. The van der Waals surface area contributed by atoms with Gasteiger partial charge in [0.1, 0.15) is 75.3 Å². The van der Waals surface area contributed by atoms with E-state index in [4.69, 9.17) is 76.3 Å². The summed E-state index contributed by atoms with van der Waals surface area (Å²) >= 11 is 13.8. The van der Waals surface area contributed by atoms with Gasteiger partial charge in [0.2, 0.25) is 47.7 Å². The van der Waals surface area contributed by atoms with Gasteiger partial charge in [-0.1, -0.05) is 128 Å². The second-order valence-electron chi connectivity index (χ2n) is 35.5. The Kier molecular flexibility index (Phi) is 38.0. The van der Waals surface area contributed by atoms with Crippen molar-refractivity contribution in [2.75, 3.05) is 100 Å². The number of likely N-dealkylation sites (N-methyl/N-ethyl adjacent to an activating group) is 4. The van der Waals surface area contributed by atoms with Crippen LogP contribution in [0.5, 0.6) is 11.5 Å². The quantitative estimate of drug-likeness (QED) is 0.00520. The molecular weight excluding hydrogens is 1970 g/mol. The second-order valence-corrected chi connectivity index (χ2v) is 41.6. The van der Waals surface area contributed by atoms with Crippen molar-refractivity contribution in [3.8, 4) is 11.5 Å². The molecule has 3 aromatic carbocycles. The summed E-state index contributed by atoms with van der Waals surface area (Å²) in [6, 6.07) is 8.83. The number of nitrogen functional groups attached to an aromatic ring is 1. The van der Waals surface area contributed by atoms with Gasteiger partial charge in [0, 0.05) is 133 Å². The highest BCUT2D eigenvalue weighted by atomic mass is 35.5. The summed E-state index contributed by atoms with van der Waals surface area (Å²) in [6.45, 7) is 13.2. The van der Waals surface area contributed by atoms with Crippen LogP contribution in [0, 0.1) is 11.8 Å². The molecule has 0 spiro atoms. The third-order valence-corrected chi connectivity index (χ3v) is 30.8. The summed E-state index contributed by atoms with van der Waals surface area (Å²) in [4.78, 5) is 212. The van der Waals surface area contributed by atoms with E-state index in [9.17, 15) is 67.7 Å². The number of benzene rings is 3. The van der Waals surface area contributed by atoms with E-state index in [1.54, 1.807) is 101 Å². The molecule has 2 aromatic heterocycles. The molecule has 6 aliphatic rings. The van der Waals surface area contributed by atoms with Crippen LogP contribution in [0.4, 0.5) is 32.6 Å². The highest BCUT2D eigenvalue weighted by molar-refractivity contribution is 8.77. The van der Waals surface area contributed by atoms with Crippen LogP contribution in [-0.2, 0) is 105 Å². The topological polar surface area (TPSA) is 568 Å². The van der Waals surface area contributed by atoms with Crippen molar-refractivity contribution in [2.45, 2.75) is 216 Å². The summed E-state index contributed by atoms with van der Waals surface area (Å²) < 4.78 is 58.9. The molecule has 49 heteroatoms. The van der Waals surface area contributed by atoms with E-state index in [1.807, 2.05) is 13.8 Å². The van der Waals surface area contributed by atoms with E-state index in [0.717, 1.165) is 16.0 Å². The van der Waals surface area contributed by atoms with Crippen molar-refractivity contribution in [2.24, 2.45) is 11.8 Å². The third kappa shape index (κ3) is 27.5. The maximum atomic E-state index is 15.1. The Morgan fingerprint density at radius 2 is 1.05 bits per heavy atom. The van der Waals surface area contributed by atoms with E-state index in [1.165, 1.54) is 147 Å². The number of rotatable bonds is 33. The SMILES string of the molecule is COc1cc2cc(c1Cl)N(C)C(=O)[C@H](OC(=O)[C@H](C)N(C)C(=O)CCSSCCC(=O)NNC(=O)[C@H](CCC(=O)NNC(=O)CCSSCCC(=O)N(C)[C@@H](C)C(=O)O[C@H]1C(=O)N(C)c3cc(cc(OC)c3Cl)C/C(C)=C/C=C/[C@@H](OC)[C@@]3(O)CC(OC(=O)N3)[C@@H](C)C3OC31C)NC(=O)c1ccc(NCc3cnc4[nH]c(N)nc(=O)c4n3)cc1)C1(C)OC1[C@H](C)C1C[C@@](O)(NC(=O)O1)[C@H](OC)/C=C\C=C(\C)C2. The molecule has 11 rings (SSSR count). The predicted octanol–water partition coefficient (Wildman–Crippen LogP) is 6.68. The number of aromatic amines is 1. The predicted molar refractivity (Wildman–Crippen MR) is 530 cm³/mol. The molecule has 43 nitrogen and oxygen atoms in total. The molecule has 11 amide bonds. The lowest BCUT2D eigenvalue weighted by atomic mass is 9.84. The minimum absolute atomic E-state index is 0.0328. The van der Waals surface area contributed by atoms with Crippen LogP contribution in [-0.4, -0.2) is 286 Å². The number of carbonyl (C=O) groups is 13. The molecule has 8 heterocycles. The molecule has 8 bridgehead atoms.